The van der Waals surface area contributed by atoms with Crippen molar-refractivity contribution in [2.75, 3.05) is 16.3 Å². The van der Waals surface area contributed by atoms with E-state index in [1.54, 1.807) is 41.8 Å². The third-order valence-corrected chi connectivity index (χ3v) is 4.88. The highest BCUT2D eigenvalue weighted by molar-refractivity contribution is 7.92. The number of hydrogen-bond acceptors (Lipinski definition) is 5. The molecule has 0 aliphatic heterocycles. The zero-order valence-electron chi connectivity index (χ0n) is 14.3. The van der Waals surface area contributed by atoms with E-state index in [2.05, 4.69) is 15.0 Å². The molecule has 140 valence electrons. The molecule has 0 bridgehead atoms. The van der Waals surface area contributed by atoms with Crippen molar-refractivity contribution in [3.8, 4) is 11.3 Å². The third-order valence-electron chi connectivity index (χ3n) is 3.51. The number of amides is 1. The summed E-state index contributed by atoms with van der Waals surface area (Å²) in [6.45, 7) is 0. The highest BCUT2D eigenvalue weighted by atomic mass is 32.2. The van der Waals surface area contributed by atoms with Gasteiger partial charge in [0, 0.05) is 16.6 Å². The van der Waals surface area contributed by atoms with Gasteiger partial charge in [-0.2, -0.15) is 0 Å². The van der Waals surface area contributed by atoms with Gasteiger partial charge in [-0.25, -0.2) is 17.8 Å². The molecular weight excluding hydrogens is 389 g/mol. The van der Waals surface area contributed by atoms with Crippen LogP contribution in [-0.4, -0.2) is 25.6 Å². The second-order valence-electron chi connectivity index (χ2n) is 5.84. The van der Waals surface area contributed by atoms with Crippen molar-refractivity contribution in [2.24, 2.45) is 0 Å². The fourth-order valence-electron chi connectivity index (χ4n) is 2.34. The summed E-state index contributed by atoms with van der Waals surface area (Å²) in [7, 11) is -3.32. The van der Waals surface area contributed by atoms with Crippen LogP contribution in [0.25, 0.3) is 11.3 Å². The summed E-state index contributed by atoms with van der Waals surface area (Å²) in [5.74, 6) is -0.586. The van der Waals surface area contributed by atoms with Gasteiger partial charge in [0.2, 0.25) is 15.9 Å². The Morgan fingerprint density at radius 1 is 1.11 bits per heavy atom. The molecule has 27 heavy (non-hydrogen) atoms. The summed E-state index contributed by atoms with van der Waals surface area (Å²) in [4.78, 5) is 16.5. The Bertz CT molecular complexity index is 1050. The molecule has 0 aliphatic carbocycles. The maximum Gasteiger partial charge on any atom is 0.230 e. The molecular formula is C18H16FN3O3S2. The van der Waals surface area contributed by atoms with E-state index in [4.69, 9.17) is 0 Å². The molecule has 1 heterocycles. The van der Waals surface area contributed by atoms with E-state index in [1.807, 2.05) is 0 Å². The first-order chi connectivity index (χ1) is 12.8. The number of halogens is 1. The summed E-state index contributed by atoms with van der Waals surface area (Å²) in [5.41, 5.74) is 2.64. The second kappa shape index (κ2) is 7.85. The van der Waals surface area contributed by atoms with Gasteiger partial charge in [-0.15, -0.1) is 11.3 Å². The summed E-state index contributed by atoms with van der Waals surface area (Å²) in [5, 5.41) is 4.97. The number of nitrogens with zero attached hydrogens (tertiary/aromatic N) is 1. The molecule has 0 atom stereocenters. The predicted octanol–water partition coefficient (Wildman–Crippen LogP) is 3.50. The molecule has 0 saturated carbocycles. The number of carbonyl (C=O) groups excluding carboxylic acids is 1. The Labute approximate surface area is 160 Å². The summed E-state index contributed by atoms with van der Waals surface area (Å²) in [6, 6.07) is 12.5. The minimum atomic E-state index is -3.32. The SMILES string of the molecule is CS(=O)(=O)Nc1ccc(-c2csc(NC(=O)Cc3ccc(F)cc3)n2)cc1. The second-order valence-corrected chi connectivity index (χ2v) is 8.45. The molecule has 0 fully saturated rings. The van der Waals surface area contributed by atoms with E-state index in [1.165, 1.54) is 23.5 Å². The van der Waals surface area contributed by atoms with Gasteiger partial charge in [-0.3, -0.25) is 9.52 Å². The summed E-state index contributed by atoms with van der Waals surface area (Å²) in [6.07, 6.45) is 1.21. The lowest BCUT2D eigenvalue weighted by Crippen LogP contribution is -2.14. The quantitative estimate of drug-likeness (QED) is 0.657. The number of anilines is 2. The lowest BCUT2D eigenvalue weighted by atomic mass is 10.1. The molecule has 3 rings (SSSR count). The Hall–Kier alpha value is -2.78. The Kier molecular flexibility index (Phi) is 5.52. The van der Waals surface area contributed by atoms with Crippen molar-refractivity contribution in [2.45, 2.75) is 6.42 Å². The van der Waals surface area contributed by atoms with Crippen molar-refractivity contribution in [1.82, 2.24) is 4.98 Å². The minimum absolute atomic E-state index is 0.126. The zero-order chi connectivity index (χ0) is 19.4. The van der Waals surface area contributed by atoms with Crippen LogP contribution in [0, 0.1) is 5.82 Å². The van der Waals surface area contributed by atoms with Crippen LogP contribution in [0.2, 0.25) is 0 Å². The lowest BCUT2D eigenvalue weighted by Gasteiger charge is -2.04. The molecule has 0 unspecified atom stereocenters. The Morgan fingerprint density at radius 3 is 2.41 bits per heavy atom. The van der Waals surface area contributed by atoms with Crippen LogP contribution in [0.4, 0.5) is 15.2 Å². The molecule has 6 nitrogen and oxygen atoms in total. The van der Waals surface area contributed by atoms with E-state index in [0.29, 0.717) is 22.1 Å². The molecule has 9 heteroatoms. The lowest BCUT2D eigenvalue weighted by molar-refractivity contribution is -0.115. The van der Waals surface area contributed by atoms with Crippen LogP contribution in [-0.2, 0) is 21.2 Å². The van der Waals surface area contributed by atoms with Crippen molar-refractivity contribution < 1.29 is 17.6 Å². The first-order valence-corrected chi connectivity index (χ1v) is 10.6. The first-order valence-electron chi connectivity index (χ1n) is 7.86. The standard InChI is InChI=1S/C18H16FN3O3S2/c1-27(24,25)22-15-8-4-13(5-9-15)16-11-26-18(20-16)21-17(23)10-12-2-6-14(19)7-3-12/h2-9,11,22H,10H2,1H3,(H,20,21,23). The molecule has 3 aromatic rings. The van der Waals surface area contributed by atoms with Crippen LogP contribution < -0.4 is 10.0 Å². The molecule has 2 aromatic carbocycles. The van der Waals surface area contributed by atoms with Crippen LogP contribution >= 0.6 is 11.3 Å². The fraction of sp³-hybridized carbons (Fsp3) is 0.111. The van der Waals surface area contributed by atoms with Crippen LogP contribution in [0.15, 0.2) is 53.9 Å². The van der Waals surface area contributed by atoms with E-state index < -0.39 is 10.0 Å². The largest absolute Gasteiger partial charge is 0.302 e. The van der Waals surface area contributed by atoms with Gasteiger partial charge < -0.3 is 5.32 Å². The van der Waals surface area contributed by atoms with E-state index in [-0.39, 0.29) is 18.1 Å². The average molecular weight is 405 g/mol. The maximum absolute atomic E-state index is 12.9. The first kappa shape index (κ1) is 19.0. The van der Waals surface area contributed by atoms with Gasteiger partial charge in [0.1, 0.15) is 5.82 Å². The van der Waals surface area contributed by atoms with Gasteiger partial charge >= 0.3 is 0 Å². The molecule has 0 radical (unpaired) electrons. The van der Waals surface area contributed by atoms with Crippen LogP contribution in [0.5, 0.6) is 0 Å². The van der Waals surface area contributed by atoms with Gasteiger partial charge in [0.05, 0.1) is 18.4 Å². The summed E-state index contributed by atoms with van der Waals surface area (Å²) >= 11 is 1.29. The minimum Gasteiger partial charge on any atom is -0.302 e. The van der Waals surface area contributed by atoms with Gasteiger partial charge in [-0.05, 0) is 29.8 Å². The fourth-order valence-corrected chi connectivity index (χ4v) is 3.64. The van der Waals surface area contributed by atoms with E-state index in [0.717, 1.165) is 11.8 Å². The third kappa shape index (κ3) is 5.60. The monoisotopic (exact) mass is 405 g/mol. The van der Waals surface area contributed by atoms with Crippen LogP contribution in [0.1, 0.15) is 5.56 Å². The van der Waals surface area contributed by atoms with Crippen molar-refractivity contribution in [3.63, 3.8) is 0 Å². The number of benzene rings is 2. The Balaban J connectivity index is 1.64. The maximum atomic E-state index is 12.9. The summed E-state index contributed by atoms with van der Waals surface area (Å²) < 4.78 is 37.7. The van der Waals surface area contributed by atoms with Gasteiger partial charge in [0.25, 0.3) is 0 Å². The van der Waals surface area contributed by atoms with Gasteiger partial charge in [-0.1, -0.05) is 24.3 Å². The van der Waals surface area contributed by atoms with Crippen LogP contribution in [0.3, 0.4) is 0 Å². The van der Waals surface area contributed by atoms with Crippen molar-refractivity contribution in [1.29, 1.82) is 0 Å². The molecule has 2 N–H and O–H groups in total. The zero-order valence-corrected chi connectivity index (χ0v) is 15.9. The highest BCUT2D eigenvalue weighted by Crippen LogP contribution is 2.26. The molecule has 0 aliphatic rings. The Morgan fingerprint density at radius 2 is 1.78 bits per heavy atom. The highest BCUT2D eigenvalue weighted by Gasteiger charge is 2.10. The number of rotatable bonds is 6. The number of sulfonamides is 1. The predicted molar refractivity (Wildman–Crippen MR) is 105 cm³/mol. The topological polar surface area (TPSA) is 88.2 Å². The molecule has 1 aromatic heterocycles. The molecule has 0 spiro atoms. The number of carbonyl (C=O) groups is 1. The normalized spacial score (nSPS) is 11.2. The van der Waals surface area contributed by atoms with E-state index >= 15 is 0 Å². The number of aromatic nitrogens is 1. The molecule has 1 amide bonds. The number of nitrogens with one attached hydrogen (secondary N) is 2. The van der Waals surface area contributed by atoms with Crippen molar-refractivity contribution >= 4 is 38.1 Å². The molecule has 0 saturated heterocycles. The van der Waals surface area contributed by atoms with Gasteiger partial charge in [0.15, 0.2) is 5.13 Å². The van der Waals surface area contributed by atoms with Crippen molar-refractivity contribution in [3.05, 3.63) is 65.3 Å². The average Bonchev–Trinajstić information content (AvgIpc) is 3.04. The number of thiazole rings is 1. The number of hydrogen-bond donors (Lipinski definition) is 2. The van der Waals surface area contributed by atoms with E-state index in [9.17, 15) is 17.6 Å². The smallest absolute Gasteiger partial charge is 0.230 e.